The van der Waals surface area contributed by atoms with Crippen LogP contribution in [-0.2, 0) is 0 Å². The van der Waals surface area contributed by atoms with E-state index >= 15 is 0 Å². The SMILES string of the molecule is NNc1cc(N)ccc1-c1ccc(N)cc1. The van der Waals surface area contributed by atoms with E-state index in [0.717, 1.165) is 22.5 Å². The lowest BCUT2D eigenvalue weighted by molar-refractivity contribution is 1.35. The smallest absolute Gasteiger partial charge is 0.0583 e. The second-order valence-electron chi connectivity index (χ2n) is 3.57. The van der Waals surface area contributed by atoms with Crippen molar-refractivity contribution in [2.75, 3.05) is 16.9 Å². The zero-order chi connectivity index (χ0) is 11.5. The Balaban J connectivity index is 2.51. The van der Waals surface area contributed by atoms with Crippen LogP contribution in [0.2, 0.25) is 0 Å². The van der Waals surface area contributed by atoms with Crippen LogP contribution in [0.25, 0.3) is 11.1 Å². The number of nitrogen functional groups attached to an aromatic ring is 3. The van der Waals surface area contributed by atoms with Gasteiger partial charge in [0, 0.05) is 16.9 Å². The summed E-state index contributed by atoms with van der Waals surface area (Å²) in [7, 11) is 0. The van der Waals surface area contributed by atoms with Gasteiger partial charge in [-0.15, -0.1) is 0 Å². The molecule has 0 unspecified atom stereocenters. The summed E-state index contributed by atoms with van der Waals surface area (Å²) < 4.78 is 0. The van der Waals surface area contributed by atoms with Crippen LogP contribution in [0, 0.1) is 0 Å². The lowest BCUT2D eigenvalue weighted by Gasteiger charge is -2.10. The Morgan fingerprint density at radius 1 is 0.812 bits per heavy atom. The molecule has 0 aliphatic heterocycles. The minimum atomic E-state index is 0.673. The molecule has 2 aromatic rings. The highest BCUT2D eigenvalue weighted by Crippen LogP contribution is 2.29. The number of benzene rings is 2. The number of nitrogens with two attached hydrogens (primary N) is 3. The van der Waals surface area contributed by atoms with Crippen LogP contribution in [0.15, 0.2) is 42.5 Å². The molecule has 0 spiro atoms. The number of nitrogens with one attached hydrogen (secondary N) is 1. The molecule has 4 nitrogen and oxygen atoms in total. The molecule has 0 aromatic heterocycles. The monoisotopic (exact) mass is 214 g/mol. The molecule has 82 valence electrons. The van der Waals surface area contributed by atoms with Crippen LogP contribution in [0.4, 0.5) is 17.1 Å². The van der Waals surface area contributed by atoms with Crippen LogP contribution in [0.5, 0.6) is 0 Å². The van der Waals surface area contributed by atoms with Crippen LogP contribution in [0.3, 0.4) is 0 Å². The number of hydrazine groups is 1. The summed E-state index contributed by atoms with van der Waals surface area (Å²) in [4.78, 5) is 0. The molecule has 0 amide bonds. The fourth-order valence-corrected chi connectivity index (χ4v) is 1.60. The van der Waals surface area contributed by atoms with Gasteiger partial charge in [-0.2, -0.15) is 0 Å². The van der Waals surface area contributed by atoms with Crippen molar-refractivity contribution in [2.45, 2.75) is 0 Å². The van der Waals surface area contributed by atoms with Crippen LogP contribution < -0.4 is 22.7 Å². The predicted octanol–water partition coefficient (Wildman–Crippen LogP) is 1.80. The molecule has 0 heterocycles. The van der Waals surface area contributed by atoms with Gasteiger partial charge in [0.15, 0.2) is 0 Å². The Hall–Kier alpha value is -2.20. The normalized spacial score (nSPS) is 10.1. The second-order valence-corrected chi connectivity index (χ2v) is 3.57. The van der Waals surface area contributed by atoms with E-state index < -0.39 is 0 Å². The van der Waals surface area contributed by atoms with Gasteiger partial charge in [0.05, 0.1) is 5.69 Å². The highest BCUT2D eigenvalue weighted by molar-refractivity contribution is 5.80. The van der Waals surface area contributed by atoms with Crippen LogP contribution in [-0.4, -0.2) is 0 Å². The highest BCUT2D eigenvalue weighted by atomic mass is 15.2. The van der Waals surface area contributed by atoms with Gasteiger partial charge in [-0.05, 0) is 29.8 Å². The fraction of sp³-hybridized carbons (Fsp3) is 0. The maximum absolute atomic E-state index is 5.69. The third-order valence-corrected chi connectivity index (χ3v) is 2.42. The molecule has 16 heavy (non-hydrogen) atoms. The standard InChI is InChI=1S/C12H14N4/c13-9-3-1-8(2-4-9)11-6-5-10(14)7-12(11)16-15/h1-7,16H,13-15H2. The average molecular weight is 214 g/mol. The summed E-state index contributed by atoms with van der Waals surface area (Å²) in [6, 6.07) is 13.2. The van der Waals surface area contributed by atoms with Gasteiger partial charge >= 0.3 is 0 Å². The summed E-state index contributed by atoms with van der Waals surface area (Å²) in [5, 5.41) is 0. The Morgan fingerprint density at radius 2 is 1.44 bits per heavy atom. The van der Waals surface area contributed by atoms with Gasteiger partial charge in [0.25, 0.3) is 0 Å². The van der Waals surface area contributed by atoms with Crippen molar-refractivity contribution in [2.24, 2.45) is 5.84 Å². The Morgan fingerprint density at radius 3 is 2.06 bits per heavy atom. The number of hydrogen-bond acceptors (Lipinski definition) is 4. The molecule has 0 radical (unpaired) electrons. The van der Waals surface area contributed by atoms with Gasteiger partial charge < -0.3 is 16.9 Å². The zero-order valence-corrected chi connectivity index (χ0v) is 8.77. The number of hydrogen-bond donors (Lipinski definition) is 4. The Labute approximate surface area is 94.0 Å². The molecule has 0 aliphatic rings. The Bertz CT molecular complexity index is 491. The van der Waals surface area contributed by atoms with Crippen molar-refractivity contribution in [1.29, 1.82) is 0 Å². The largest absolute Gasteiger partial charge is 0.399 e. The van der Waals surface area contributed by atoms with E-state index in [1.165, 1.54) is 0 Å². The minimum absolute atomic E-state index is 0.673. The topological polar surface area (TPSA) is 90.1 Å². The molecule has 2 rings (SSSR count). The quantitative estimate of drug-likeness (QED) is 0.348. The van der Waals surface area contributed by atoms with E-state index in [9.17, 15) is 0 Å². The van der Waals surface area contributed by atoms with Gasteiger partial charge in [-0.25, -0.2) is 0 Å². The molecule has 4 heteroatoms. The zero-order valence-electron chi connectivity index (χ0n) is 8.77. The van der Waals surface area contributed by atoms with E-state index in [-0.39, 0.29) is 0 Å². The molecule has 0 aliphatic carbocycles. The molecule has 0 fully saturated rings. The highest BCUT2D eigenvalue weighted by Gasteiger charge is 2.04. The molecular formula is C12H14N4. The van der Waals surface area contributed by atoms with Crippen molar-refractivity contribution >= 4 is 17.1 Å². The molecule has 0 saturated carbocycles. The molecule has 0 atom stereocenters. The van der Waals surface area contributed by atoms with Crippen molar-refractivity contribution in [1.82, 2.24) is 0 Å². The van der Waals surface area contributed by atoms with Crippen molar-refractivity contribution < 1.29 is 0 Å². The number of anilines is 3. The average Bonchev–Trinajstić information content (AvgIpc) is 2.30. The lowest BCUT2D eigenvalue weighted by Crippen LogP contribution is -2.08. The summed E-state index contributed by atoms with van der Waals surface area (Å²) in [5.74, 6) is 5.46. The van der Waals surface area contributed by atoms with Gasteiger partial charge in [-0.1, -0.05) is 18.2 Å². The summed E-state index contributed by atoms with van der Waals surface area (Å²) in [6.45, 7) is 0. The van der Waals surface area contributed by atoms with E-state index in [2.05, 4.69) is 5.43 Å². The number of rotatable bonds is 2. The molecule has 7 N–H and O–H groups in total. The first-order valence-corrected chi connectivity index (χ1v) is 4.93. The first kappa shape index (κ1) is 10.3. The summed E-state index contributed by atoms with van der Waals surface area (Å²) in [5.41, 5.74) is 18.2. The van der Waals surface area contributed by atoms with Crippen LogP contribution >= 0.6 is 0 Å². The maximum atomic E-state index is 5.69. The summed E-state index contributed by atoms with van der Waals surface area (Å²) in [6.07, 6.45) is 0. The summed E-state index contributed by atoms with van der Waals surface area (Å²) >= 11 is 0. The molecule has 0 bridgehead atoms. The first-order valence-electron chi connectivity index (χ1n) is 4.93. The second kappa shape index (κ2) is 4.12. The fourth-order valence-electron chi connectivity index (χ4n) is 1.60. The van der Waals surface area contributed by atoms with E-state index in [1.54, 1.807) is 6.07 Å². The van der Waals surface area contributed by atoms with Gasteiger partial charge in [0.2, 0.25) is 0 Å². The molecule has 2 aromatic carbocycles. The molecule has 0 saturated heterocycles. The first-order chi connectivity index (χ1) is 7.70. The Kier molecular flexibility index (Phi) is 2.66. The van der Waals surface area contributed by atoms with Crippen molar-refractivity contribution in [3.8, 4) is 11.1 Å². The van der Waals surface area contributed by atoms with E-state index in [0.29, 0.717) is 5.69 Å². The third-order valence-electron chi connectivity index (χ3n) is 2.42. The molecular weight excluding hydrogens is 200 g/mol. The predicted molar refractivity (Wildman–Crippen MR) is 68.5 cm³/mol. The van der Waals surface area contributed by atoms with Gasteiger partial charge in [0.1, 0.15) is 0 Å². The third kappa shape index (κ3) is 1.92. The van der Waals surface area contributed by atoms with Gasteiger partial charge in [-0.3, -0.25) is 5.84 Å². The maximum Gasteiger partial charge on any atom is 0.0583 e. The lowest BCUT2D eigenvalue weighted by atomic mass is 10.0. The van der Waals surface area contributed by atoms with Crippen LogP contribution in [0.1, 0.15) is 0 Å². The van der Waals surface area contributed by atoms with E-state index in [4.69, 9.17) is 17.3 Å². The van der Waals surface area contributed by atoms with Crippen molar-refractivity contribution in [3.63, 3.8) is 0 Å². The van der Waals surface area contributed by atoms with E-state index in [1.807, 2.05) is 36.4 Å². The van der Waals surface area contributed by atoms with Crippen molar-refractivity contribution in [3.05, 3.63) is 42.5 Å². The minimum Gasteiger partial charge on any atom is -0.399 e.